The maximum Gasteiger partial charge on any atom is 0.128 e. The van der Waals surface area contributed by atoms with Crippen LogP contribution in [0.3, 0.4) is 0 Å². The molecule has 1 aliphatic rings. The van der Waals surface area contributed by atoms with Crippen LogP contribution in [0.2, 0.25) is 0 Å². The third-order valence-corrected chi connectivity index (χ3v) is 6.11. The first-order valence-corrected chi connectivity index (χ1v) is 9.34. The van der Waals surface area contributed by atoms with E-state index in [0.717, 1.165) is 29.8 Å². The van der Waals surface area contributed by atoms with Crippen LogP contribution in [-0.4, -0.2) is 12.3 Å². The van der Waals surface area contributed by atoms with Gasteiger partial charge in [0.1, 0.15) is 5.82 Å². The van der Waals surface area contributed by atoms with Gasteiger partial charge in [-0.2, -0.15) is 11.8 Å². The molecule has 1 unspecified atom stereocenters. The Labute approximate surface area is 134 Å². The highest BCUT2D eigenvalue weighted by Crippen LogP contribution is 2.37. The van der Waals surface area contributed by atoms with E-state index in [0.29, 0.717) is 0 Å². The molecule has 2 aromatic rings. The van der Waals surface area contributed by atoms with E-state index in [1.165, 1.54) is 21.1 Å². The van der Waals surface area contributed by atoms with Gasteiger partial charge >= 0.3 is 0 Å². The van der Waals surface area contributed by atoms with Crippen molar-refractivity contribution in [3.05, 3.63) is 56.5 Å². The van der Waals surface area contributed by atoms with Crippen molar-refractivity contribution in [2.75, 3.05) is 12.3 Å². The van der Waals surface area contributed by atoms with Crippen LogP contribution in [0.25, 0.3) is 0 Å². The molecule has 1 nitrogen and oxygen atoms in total. The molecule has 0 radical (unpaired) electrons. The van der Waals surface area contributed by atoms with Crippen molar-refractivity contribution in [1.82, 2.24) is 5.32 Å². The minimum Gasteiger partial charge on any atom is -0.306 e. The molecular weight excluding hydrogens is 301 g/mol. The van der Waals surface area contributed by atoms with Crippen LogP contribution in [-0.2, 0) is 12.2 Å². The summed E-state index contributed by atoms with van der Waals surface area (Å²) < 4.78 is 14.3. The van der Waals surface area contributed by atoms with Gasteiger partial charge in [0.05, 0.1) is 6.04 Å². The number of aryl methyl sites for hydroxylation is 2. The number of nitrogens with one attached hydrogen (secondary N) is 1. The molecule has 0 amide bonds. The van der Waals surface area contributed by atoms with E-state index in [4.69, 9.17) is 0 Å². The van der Waals surface area contributed by atoms with Crippen molar-refractivity contribution in [2.24, 2.45) is 0 Å². The summed E-state index contributed by atoms with van der Waals surface area (Å²) in [5.41, 5.74) is 3.32. The molecular formula is C17H20FNS2. The average Bonchev–Trinajstić information content (AvgIpc) is 2.91. The second-order valence-electron chi connectivity index (χ2n) is 5.42. The number of hydrogen-bond acceptors (Lipinski definition) is 3. The van der Waals surface area contributed by atoms with Gasteiger partial charge in [-0.3, -0.25) is 0 Å². The molecule has 0 spiro atoms. The number of hydrogen-bond donors (Lipinski definition) is 1. The molecule has 1 N–H and O–H groups in total. The van der Waals surface area contributed by atoms with Crippen molar-refractivity contribution >= 4 is 23.1 Å². The summed E-state index contributed by atoms with van der Waals surface area (Å²) in [5.74, 6) is 2.19. The van der Waals surface area contributed by atoms with Crippen molar-refractivity contribution in [1.29, 1.82) is 0 Å². The SMILES string of the molecule is CCNC(c1cc2c(s1)CCSC2)c1cc(C)ccc1F. The zero-order valence-electron chi connectivity index (χ0n) is 12.4. The minimum absolute atomic E-state index is 0.0319. The number of fused-ring (bicyclic) bond motifs is 1. The normalized spacial score (nSPS) is 15.8. The lowest BCUT2D eigenvalue weighted by atomic mass is 10.0. The van der Waals surface area contributed by atoms with Crippen LogP contribution in [0.5, 0.6) is 0 Å². The summed E-state index contributed by atoms with van der Waals surface area (Å²) in [6, 6.07) is 7.63. The number of halogens is 1. The van der Waals surface area contributed by atoms with Crippen LogP contribution in [0, 0.1) is 12.7 Å². The number of thiophene rings is 1. The van der Waals surface area contributed by atoms with Gasteiger partial charge in [-0.15, -0.1) is 11.3 Å². The first-order valence-electron chi connectivity index (χ1n) is 7.37. The molecule has 0 bridgehead atoms. The quantitative estimate of drug-likeness (QED) is 0.877. The third kappa shape index (κ3) is 3.17. The predicted molar refractivity (Wildman–Crippen MR) is 90.8 cm³/mol. The fourth-order valence-corrected chi connectivity index (χ4v) is 5.24. The number of benzene rings is 1. The van der Waals surface area contributed by atoms with Crippen LogP contribution < -0.4 is 5.32 Å². The highest BCUT2D eigenvalue weighted by Gasteiger charge is 2.22. The van der Waals surface area contributed by atoms with Gasteiger partial charge in [0.15, 0.2) is 0 Å². The summed E-state index contributed by atoms with van der Waals surface area (Å²) in [7, 11) is 0. The smallest absolute Gasteiger partial charge is 0.128 e. The summed E-state index contributed by atoms with van der Waals surface area (Å²) >= 11 is 3.84. The number of thioether (sulfide) groups is 1. The lowest BCUT2D eigenvalue weighted by molar-refractivity contribution is 0.562. The number of rotatable bonds is 4. The topological polar surface area (TPSA) is 12.0 Å². The van der Waals surface area contributed by atoms with Crippen molar-refractivity contribution in [3.63, 3.8) is 0 Å². The van der Waals surface area contributed by atoms with E-state index in [1.807, 2.05) is 42.2 Å². The van der Waals surface area contributed by atoms with Crippen LogP contribution in [0.15, 0.2) is 24.3 Å². The zero-order valence-corrected chi connectivity index (χ0v) is 14.0. The highest BCUT2D eigenvalue weighted by molar-refractivity contribution is 7.98. The molecule has 2 heterocycles. The fourth-order valence-electron chi connectivity index (χ4n) is 2.76. The Morgan fingerprint density at radius 2 is 2.19 bits per heavy atom. The largest absolute Gasteiger partial charge is 0.306 e. The molecule has 1 aromatic carbocycles. The molecule has 0 aliphatic carbocycles. The Morgan fingerprint density at radius 1 is 1.33 bits per heavy atom. The molecule has 0 saturated heterocycles. The fraction of sp³-hybridized carbons (Fsp3) is 0.412. The van der Waals surface area contributed by atoms with E-state index in [9.17, 15) is 4.39 Å². The lowest BCUT2D eigenvalue weighted by Crippen LogP contribution is -2.22. The monoisotopic (exact) mass is 321 g/mol. The summed E-state index contributed by atoms with van der Waals surface area (Å²) in [4.78, 5) is 2.73. The second kappa shape index (κ2) is 6.51. The summed E-state index contributed by atoms with van der Waals surface area (Å²) in [6.45, 7) is 4.92. The first-order chi connectivity index (χ1) is 10.2. The van der Waals surface area contributed by atoms with Crippen molar-refractivity contribution < 1.29 is 4.39 Å². The van der Waals surface area contributed by atoms with Crippen LogP contribution in [0.4, 0.5) is 4.39 Å². The van der Waals surface area contributed by atoms with Gasteiger partial charge in [0.2, 0.25) is 0 Å². The predicted octanol–water partition coefficient (Wildman–Crippen LogP) is 4.68. The molecule has 1 atom stereocenters. The van der Waals surface area contributed by atoms with E-state index >= 15 is 0 Å². The van der Waals surface area contributed by atoms with E-state index in [1.54, 1.807) is 6.07 Å². The molecule has 21 heavy (non-hydrogen) atoms. The molecule has 0 saturated carbocycles. The Kier molecular flexibility index (Phi) is 4.67. The van der Waals surface area contributed by atoms with Gasteiger partial charge in [-0.05, 0) is 43.3 Å². The maximum absolute atomic E-state index is 14.3. The minimum atomic E-state index is -0.118. The Morgan fingerprint density at radius 3 is 2.95 bits per heavy atom. The molecule has 112 valence electrons. The molecule has 1 aliphatic heterocycles. The van der Waals surface area contributed by atoms with E-state index < -0.39 is 0 Å². The van der Waals surface area contributed by atoms with Crippen LogP contribution in [0.1, 0.15) is 39.4 Å². The Bertz CT molecular complexity index is 612. The molecule has 0 fully saturated rings. The molecule has 3 rings (SSSR count). The standard InChI is InChI=1S/C17H20FNS2/c1-3-19-17(13-8-11(2)4-5-14(13)18)16-9-12-10-20-7-6-15(12)21-16/h4-5,8-9,17,19H,3,6-7,10H2,1-2H3. The van der Waals surface area contributed by atoms with Gasteiger partial charge in [-0.1, -0.05) is 24.6 Å². The van der Waals surface area contributed by atoms with Gasteiger partial charge < -0.3 is 5.32 Å². The van der Waals surface area contributed by atoms with Gasteiger partial charge in [-0.25, -0.2) is 4.39 Å². The third-order valence-electron chi connectivity index (χ3n) is 3.80. The van der Waals surface area contributed by atoms with E-state index in [2.05, 4.69) is 18.3 Å². The van der Waals surface area contributed by atoms with Crippen molar-refractivity contribution in [3.8, 4) is 0 Å². The van der Waals surface area contributed by atoms with Gasteiger partial charge in [0.25, 0.3) is 0 Å². The first kappa shape index (κ1) is 15.1. The second-order valence-corrected chi connectivity index (χ2v) is 7.69. The van der Waals surface area contributed by atoms with Gasteiger partial charge in [0, 0.05) is 21.1 Å². The molecule has 4 heteroatoms. The lowest BCUT2D eigenvalue weighted by Gasteiger charge is -2.18. The van der Waals surface area contributed by atoms with Crippen molar-refractivity contribution in [2.45, 2.75) is 32.1 Å². The van der Waals surface area contributed by atoms with E-state index in [-0.39, 0.29) is 11.9 Å². The Hall–Kier alpha value is -0.840. The molecule has 1 aromatic heterocycles. The Balaban J connectivity index is 2.01. The summed E-state index contributed by atoms with van der Waals surface area (Å²) in [5, 5.41) is 3.46. The van der Waals surface area contributed by atoms with Crippen LogP contribution >= 0.6 is 23.1 Å². The average molecular weight is 321 g/mol. The zero-order chi connectivity index (χ0) is 14.8. The highest BCUT2D eigenvalue weighted by atomic mass is 32.2. The summed E-state index contributed by atoms with van der Waals surface area (Å²) in [6.07, 6.45) is 1.15. The maximum atomic E-state index is 14.3.